The minimum absolute atomic E-state index is 0.0419. The average Bonchev–Trinajstić information content (AvgIpc) is 3.28. The van der Waals surface area contributed by atoms with Gasteiger partial charge in [0.2, 0.25) is 0 Å². The highest BCUT2D eigenvalue weighted by atomic mass is 35.5. The van der Waals surface area contributed by atoms with E-state index in [0.717, 1.165) is 19.3 Å². The van der Waals surface area contributed by atoms with Crippen LogP contribution in [0.3, 0.4) is 0 Å². The van der Waals surface area contributed by atoms with Gasteiger partial charge in [-0.3, -0.25) is 9.59 Å². The monoisotopic (exact) mass is 351 g/mol. The van der Waals surface area contributed by atoms with Crippen LogP contribution in [0.2, 0.25) is 5.02 Å². The van der Waals surface area contributed by atoms with Crippen molar-refractivity contribution in [3.8, 4) is 5.75 Å². The Morgan fingerprint density at radius 2 is 2.04 bits per heavy atom. The molecule has 24 heavy (non-hydrogen) atoms. The van der Waals surface area contributed by atoms with Gasteiger partial charge >= 0.3 is 5.97 Å². The average molecular weight is 352 g/mol. The molecule has 0 aromatic heterocycles. The number of aliphatic carboxylic acids is 1. The zero-order chi connectivity index (χ0) is 17.3. The van der Waals surface area contributed by atoms with E-state index in [2.05, 4.69) is 0 Å². The molecule has 1 saturated carbocycles. The van der Waals surface area contributed by atoms with E-state index >= 15 is 0 Å². The number of carboxylic acids is 1. The summed E-state index contributed by atoms with van der Waals surface area (Å²) in [6, 6.07) is 7.13. The number of carbonyl (C=O) groups excluding carboxylic acids is 1. The number of hydrogen-bond acceptors (Lipinski definition) is 3. The quantitative estimate of drug-likeness (QED) is 0.884. The maximum absolute atomic E-state index is 12.7. The molecule has 1 amide bonds. The van der Waals surface area contributed by atoms with Crippen LogP contribution in [-0.2, 0) is 9.59 Å². The van der Waals surface area contributed by atoms with Crippen molar-refractivity contribution in [3.05, 3.63) is 29.3 Å². The lowest BCUT2D eigenvalue weighted by molar-refractivity contribution is -0.141. The van der Waals surface area contributed by atoms with Crippen LogP contribution < -0.4 is 4.74 Å². The molecule has 1 N–H and O–H groups in total. The Balaban J connectivity index is 1.60. The lowest BCUT2D eigenvalue weighted by Gasteiger charge is -2.34. The number of likely N-dealkylation sites (tertiary alicyclic amines) is 1. The molecule has 1 saturated heterocycles. The predicted molar refractivity (Wildman–Crippen MR) is 90.1 cm³/mol. The first-order valence-electron chi connectivity index (χ1n) is 8.39. The molecule has 1 spiro atoms. The molecule has 2 aliphatic rings. The van der Waals surface area contributed by atoms with Gasteiger partial charge in [0, 0.05) is 13.1 Å². The number of carbonyl (C=O) groups is 2. The number of amides is 1. The van der Waals surface area contributed by atoms with Crippen molar-refractivity contribution in [2.24, 2.45) is 11.3 Å². The Kier molecular flexibility index (Phi) is 4.72. The van der Waals surface area contributed by atoms with Crippen LogP contribution in [0.25, 0.3) is 0 Å². The second-order valence-electron chi connectivity index (χ2n) is 6.73. The molecule has 0 radical (unpaired) electrons. The molecule has 6 heteroatoms. The number of piperidine rings is 1. The molecule has 1 aliphatic carbocycles. The SMILES string of the molecule is CCC(Oc1ccccc1Cl)C(=O)N1CCC2(CC1)CC2C(=O)O. The van der Waals surface area contributed by atoms with Gasteiger partial charge in [-0.2, -0.15) is 0 Å². The summed E-state index contributed by atoms with van der Waals surface area (Å²) in [5, 5.41) is 9.64. The van der Waals surface area contributed by atoms with Crippen molar-refractivity contribution in [2.45, 2.75) is 38.7 Å². The highest BCUT2D eigenvalue weighted by molar-refractivity contribution is 6.32. The first kappa shape index (κ1) is 17.1. The number of rotatable bonds is 5. The van der Waals surface area contributed by atoms with Crippen LogP contribution in [0, 0.1) is 11.3 Å². The van der Waals surface area contributed by atoms with Crippen LogP contribution in [0.15, 0.2) is 24.3 Å². The standard InChI is InChI=1S/C18H22ClNO4/c1-2-14(24-15-6-4-3-5-13(15)19)16(21)20-9-7-18(8-10-20)11-12(18)17(22)23/h3-6,12,14H,2,7-11H2,1H3,(H,22,23). The van der Waals surface area contributed by atoms with Gasteiger partial charge in [0.05, 0.1) is 10.9 Å². The van der Waals surface area contributed by atoms with Gasteiger partial charge in [-0.15, -0.1) is 0 Å². The summed E-state index contributed by atoms with van der Waals surface area (Å²) >= 11 is 6.10. The minimum Gasteiger partial charge on any atom is -0.481 e. The smallest absolute Gasteiger partial charge is 0.307 e. The van der Waals surface area contributed by atoms with Crippen LogP contribution >= 0.6 is 11.6 Å². The third-order valence-corrected chi connectivity index (χ3v) is 5.62. The highest BCUT2D eigenvalue weighted by Gasteiger charge is 2.59. The summed E-state index contributed by atoms with van der Waals surface area (Å²) in [4.78, 5) is 25.7. The molecule has 1 aromatic rings. The fourth-order valence-corrected chi connectivity index (χ4v) is 3.81. The fourth-order valence-electron chi connectivity index (χ4n) is 3.63. The Morgan fingerprint density at radius 1 is 1.38 bits per heavy atom. The Hall–Kier alpha value is -1.75. The number of hydrogen-bond donors (Lipinski definition) is 1. The summed E-state index contributed by atoms with van der Waals surface area (Å²) in [6.07, 6.45) is 2.27. The molecule has 1 aromatic carbocycles. The van der Waals surface area contributed by atoms with Crippen LogP contribution in [0.1, 0.15) is 32.6 Å². The summed E-state index contributed by atoms with van der Waals surface area (Å²) in [6.45, 7) is 3.11. The normalized spacial score (nSPS) is 22.9. The largest absolute Gasteiger partial charge is 0.481 e. The van der Waals surface area contributed by atoms with Crippen molar-refractivity contribution in [1.29, 1.82) is 0 Å². The van der Waals surface area contributed by atoms with Crippen LogP contribution in [-0.4, -0.2) is 41.1 Å². The van der Waals surface area contributed by atoms with E-state index in [4.69, 9.17) is 21.4 Å². The van der Waals surface area contributed by atoms with Crippen molar-refractivity contribution in [2.75, 3.05) is 13.1 Å². The molecule has 1 aliphatic heterocycles. The first-order valence-corrected chi connectivity index (χ1v) is 8.77. The van der Waals surface area contributed by atoms with E-state index in [9.17, 15) is 9.59 Å². The van der Waals surface area contributed by atoms with Crippen LogP contribution in [0.5, 0.6) is 5.75 Å². The third kappa shape index (κ3) is 3.22. The molecule has 1 heterocycles. The minimum atomic E-state index is -0.705. The Bertz CT molecular complexity index is 640. The molecule has 130 valence electrons. The van der Waals surface area contributed by atoms with E-state index in [0.29, 0.717) is 30.3 Å². The third-order valence-electron chi connectivity index (χ3n) is 5.31. The molecule has 3 rings (SSSR count). The maximum atomic E-state index is 12.7. The summed E-state index contributed by atoms with van der Waals surface area (Å²) in [5.74, 6) is -0.458. The number of nitrogens with zero attached hydrogens (tertiary/aromatic N) is 1. The fraction of sp³-hybridized carbons (Fsp3) is 0.556. The van der Waals surface area contributed by atoms with Crippen molar-refractivity contribution in [1.82, 2.24) is 4.90 Å². The molecule has 5 nitrogen and oxygen atoms in total. The number of carboxylic acid groups (broad SMARTS) is 1. The molecule has 2 fully saturated rings. The van der Waals surface area contributed by atoms with E-state index in [1.165, 1.54) is 0 Å². The number of ether oxygens (including phenoxy) is 1. The second-order valence-corrected chi connectivity index (χ2v) is 7.13. The van der Waals surface area contributed by atoms with Gasteiger partial charge in [0.1, 0.15) is 5.75 Å². The van der Waals surface area contributed by atoms with Gasteiger partial charge in [0.25, 0.3) is 5.91 Å². The van der Waals surface area contributed by atoms with Crippen molar-refractivity contribution < 1.29 is 19.4 Å². The molecular weight excluding hydrogens is 330 g/mol. The van der Waals surface area contributed by atoms with Gasteiger partial charge in [-0.05, 0) is 43.2 Å². The van der Waals surface area contributed by atoms with E-state index in [1.54, 1.807) is 17.0 Å². The van der Waals surface area contributed by atoms with Crippen molar-refractivity contribution >= 4 is 23.5 Å². The van der Waals surface area contributed by atoms with Gasteiger partial charge in [0.15, 0.2) is 6.10 Å². The lowest BCUT2D eigenvalue weighted by Crippen LogP contribution is -2.46. The number of halogens is 1. The van der Waals surface area contributed by atoms with E-state index in [-0.39, 0.29) is 17.2 Å². The number of benzene rings is 1. The maximum Gasteiger partial charge on any atom is 0.307 e. The second kappa shape index (κ2) is 6.63. The summed E-state index contributed by atoms with van der Waals surface area (Å²) in [5.41, 5.74) is -0.0755. The Morgan fingerprint density at radius 3 is 2.58 bits per heavy atom. The zero-order valence-electron chi connectivity index (χ0n) is 13.7. The summed E-state index contributed by atoms with van der Waals surface area (Å²) in [7, 11) is 0. The molecule has 2 atom stereocenters. The molecular formula is C18H22ClNO4. The van der Waals surface area contributed by atoms with E-state index in [1.807, 2.05) is 19.1 Å². The van der Waals surface area contributed by atoms with E-state index < -0.39 is 12.1 Å². The van der Waals surface area contributed by atoms with Gasteiger partial charge in [-0.25, -0.2) is 0 Å². The van der Waals surface area contributed by atoms with Gasteiger partial charge < -0.3 is 14.7 Å². The number of para-hydroxylation sites is 1. The van der Waals surface area contributed by atoms with Gasteiger partial charge in [-0.1, -0.05) is 30.7 Å². The summed E-state index contributed by atoms with van der Waals surface area (Å²) < 4.78 is 5.82. The predicted octanol–water partition coefficient (Wildman–Crippen LogP) is 3.21. The highest BCUT2D eigenvalue weighted by Crippen LogP contribution is 2.59. The molecule has 0 bridgehead atoms. The molecule has 2 unspecified atom stereocenters. The lowest BCUT2D eigenvalue weighted by atomic mass is 9.90. The Labute approximate surface area is 146 Å². The topological polar surface area (TPSA) is 66.8 Å². The van der Waals surface area contributed by atoms with Crippen LogP contribution in [0.4, 0.5) is 0 Å². The zero-order valence-corrected chi connectivity index (χ0v) is 14.5. The van der Waals surface area contributed by atoms with Crippen molar-refractivity contribution in [3.63, 3.8) is 0 Å². The first-order chi connectivity index (χ1) is 11.5.